The van der Waals surface area contributed by atoms with Gasteiger partial charge in [-0.25, -0.2) is 0 Å². The minimum Gasteiger partial charge on any atom is -0.378 e. The number of carbonyl (C=O) groups excluding carboxylic acids is 1. The summed E-state index contributed by atoms with van der Waals surface area (Å²) in [5.74, 6) is -0.0417. The zero-order valence-electron chi connectivity index (χ0n) is 9.55. The maximum Gasteiger partial charge on any atom is 0.256 e. The maximum absolute atomic E-state index is 11.9. The van der Waals surface area contributed by atoms with Gasteiger partial charge >= 0.3 is 0 Å². The van der Waals surface area contributed by atoms with E-state index in [9.17, 15) is 4.79 Å². The topological polar surface area (TPSA) is 54.0 Å². The summed E-state index contributed by atoms with van der Waals surface area (Å²) >= 11 is 1.32. The van der Waals surface area contributed by atoms with Crippen molar-refractivity contribution in [2.45, 2.75) is 33.2 Å². The van der Waals surface area contributed by atoms with Gasteiger partial charge in [0.05, 0.1) is 11.3 Å². The summed E-state index contributed by atoms with van der Waals surface area (Å²) in [5.41, 5.74) is 1.45. The first-order valence-electron chi connectivity index (χ1n) is 5.05. The molecule has 0 saturated heterocycles. The Labute approximate surface area is 94.2 Å². The molecule has 84 valence electrons. The number of nitrogens with one attached hydrogen (secondary N) is 2. The predicted molar refractivity (Wildman–Crippen MR) is 63.6 cm³/mol. The lowest BCUT2D eigenvalue weighted by atomic mass is 10.2. The zero-order chi connectivity index (χ0) is 11.4. The van der Waals surface area contributed by atoms with Crippen LogP contribution in [-0.4, -0.2) is 23.4 Å². The third-order valence-electron chi connectivity index (χ3n) is 2.31. The molecule has 0 fully saturated rings. The molecule has 1 aromatic heterocycles. The number of rotatable bonds is 4. The summed E-state index contributed by atoms with van der Waals surface area (Å²) in [6.07, 6.45) is 0.928. The van der Waals surface area contributed by atoms with Gasteiger partial charge < -0.3 is 10.6 Å². The van der Waals surface area contributed by atoms with E-state index in [0.717, 1.165) is 17.1 Å². The van der Waals surface area contributed by atoms with Crippen LogP contribution in [0.2, 0.25) is 0 Å². The van der Waals surface area contributed by atoms with E-state index >= 15 is 0 Å². The fraction of sp³-hybridized carbons (Fsp3) is 0.600. The van der Waals surface area contributed by atoms with Crippen molar-refractivity contribution in [1.29, 1.82) is 0 Å². The molecule has 0 aliphatic rings. The predicted octanol–water partition coefficient (Wildman–Crippen LogP) is 2.02. The van der Waals surface area contributed by atoms with Crippen molar-refractivity contribution in [2.75, 3.05) is 12.4 Å². The van der Waals surface area contributed by atoms with E-state index in [-0.39, 0.29) is 11.9 Å². The quantitative estimate of drug-likeness (QED) is 0.827. The Morgan fingerprint density at radius 3 is 2.80 bits per heavy atom. The second-order valence-corrected chi connectivity index (χ2v) is 4.28. The number of hydrogen-bond acceptors (Lipinski definition) is 4. The molecular formula is C10H17N3OS. The van der Waals surface area contributed by atoms with Crippen molar-refractivity contribution in [2.24, 2.45) is 0 Å². The van der Waals surface area contributed by atoms with Crippen LogP contribution in [-0.2, 0) is 0 Å². The summed E-state index contributed by atoms with van der Waals surface area (Å²) in [6, 6.07) is 0.196. The lowest BCUT2D eigenvalue weighted by Gasteiger charge is -2.11. The molecule has 0 radical (unpaired) electrons. The summed E-state index contributed by atoms with van der Waals surface area (Å²) in [4.78, 5) is 11.9. The van der Waals surface area contributed by atoms with Crippen LogP contribution < -0.4 is 10.6 Å². The van der Waals surface area contributed by atoms with E-state index in [1.54, 1.807) is 7.05 Å². The number of nitrogens with zero attached hydrogens (tertiary/aromatic N) is 1. The highest BCUT2D eigenvalue weighted by molar-refractivity contribution is 7.10. The van der Waals surface area contributed by atoms with Crippen molar-refractivity contribution in [3.05, 3.63) is 11.3 Å². The van der Waals surface area contributed by atoms with Crippen molar-refractivity contribution in [3.8, 4) is 0 Å². The molecule has 0 spiro atoms. The molecule has 5 heteroatoms. The molecule has 4 nitrogen and oxygen atoms in total. The Bertz CT molecular complexity index is 348. The first kappa shape index (κ1) is 12.0. The highest BCUT2D eigenvalue weighted by Gasteiger charge is 2.18. The number of aryl methyl sites for hydroxylation is 1. The van der Waals surface area contributed by atoms with Gasteiger partial charge in [0.1, 0.15) is 5.00 Å². The number of anilines is 1. The number of aromatic nitrogens is 1. The molecule has 1 unspecified atom stereocenters. The van der Waals surface area contributed by atoms with Gasteiger partial charge in [0.2, 0.25) is 0 Å². The van der Waals surface area contributed by atoms with Crippen LogP contribution in [0, 0.1) is 6.92 Å². The molecule has 0 bridgehead atoms. The summed E-state index contributed by atoms with van der Waals surface area (Å²) < 4.78 is 4.16. The van der Waals surface area contributed by atoms with Crippen molar-refractivity contribution >= 4 is 22.4 Å². The highest BCUT2D eigenvalue weighted by atomic mass is 32.1. The average Bonchev–Trinajstić information content (AvgIpc) is 2.59. The Kier molecular flexibility index (Phi) is 4.08. The van der Waals surface area contributed by atoms with Crippen LogP contribution in [0.5, 0.6) is 0 Å². The molecule has 0 aliphatic heterocycles. The molecule has 0 saturated carbocycles. The maximum atomic E-state index is 11.9. The van der Waals surface area contributed by atoms with Gasteiger partial charge in [-0.05, 0) is 31.8 Å². The van der Waals surface area contributed by atoms with E-state index in [1.807, 2.05) is 20.8 Å². The molecule has 15 heavy (non-hydrogen) atoms. The van der Waals surface area contributed by atoms with E-state index < -0.39 is 0 Å². The van der Waals surface area contributed by atoms with Crippen LogP contribution in [0.3, 0.4) is 0 Å². The molecule has 1 rings (SSSR count). The molecule has 0 aromatic carbocycles. The van der Waals surface area contributed by atoms with Gasteiger partial charge in [0.15, 0.2) is 0 Å². The van der Waals surface area contributed by atoms with E-state index in [2.05, 4.69) is 15.0 Å². The molecule has 1 atom stereocenters. The van der Waals surface area contributed by atoms with Gasteiger partial charge in [-0.15, -0.1) is 0 Å². The smallest absolute Gasteiger partial charge is 0.256 e. The van der Waals surface area contributed by atoms with Crippen LogP contribution in [0.4, 0.5) is 5.00 Å². The van der Waals surface area contributed by atoms with Gasteiger partial charge in [-0.2, -0.15) is 4.37 Å². The molecule has 2 N–H and O–H groups in total. The summed E-state index contributed by atoms with van der Waals surface area (Å²) in [7, 11) is 1.80. The average molecular weight is 227 g/mol. The van der Waals surface area contributed by atoms with E-state index in [4.69, 9.17) is 0 Å². The van der Waals surface area contributed by atoms with Gasteiger partial charge in [0.25, 0.3) is 5.91 Å². The highest BCUT2D eigenvalue weighted by Crippen LogP contribution is 2.23. The number of hydrogen-bond donors (Lipinski definition) is 2. The SMILES string of the molecule is CCC(C)NC(=O)c1c(C)nsc1NC. The van der Waals surface area contributed by atoms with Gasteiger partial charge in [-0.1, -0.05) is 6.92 Å². The van der Waals surface area contributed by atoms with Crippen LogP contribution in [0.15, 0.2) is 0 Å². The third-order valence-corrected chi connectivity index (χ3v) is 3.26. The van der Waals surface area contributed by atoms with Crippen molar-refractivity contribution in [1.82, 2.24) is 9.69 Å². The summed E-state index contributed by atoms with van der Waals surface area (Å²) in [6.45, 7) is 5.89. The normalized spacial score (nSPS) is 12.3. The minimum absolute atomic E-state index is 0.0417. The van der Waals surface area contributed by atoms with E-state index in [1.165, 1.54) is 11.5 Å². The molecule has 0 aliphatic carbocycles. The molecule has 1 heterocycles. The van der Waals surface area contributed by atoms with Gasteiger partial charge in [-0.3, -0.25) is 4.79 Å². The Balaban J connectivity index is 2.85. The van der Waals surface area contributed by atoms with Crippen molar-refractivity contribution in [3.63, 3.8) is 0 Å². The standard InChI is InChI=1S/C10H17N3OS/c1-5-6(2)12-9(14)8-7(3)13-15-10(8)11-4/h6,11H,5H2,1-4H3,(H,12,14). The molecule has 1 amide bonds. The minimum atomic E-state index is -0.0417. The Hall–Kier alpha value is -1.10. The van der Waals surface area contributed by atoms with Gasteiger partial charge in [0, 0.05) is 13.1 Å². The Morgan fingerprint density at radius 2 is 2.27 bits per heavy atom. The third kappa shape index (κ3) is 2.68. The monoisotopic (exact) mass is 227 g/mol. The Morgan fingerprint density at radius 1 is 1.60 bits per heavy atom. The fourth-order valence-corrected chi connectivity index (χ4v) is 1.95. The lowest BCUT2D eigenvalue weighted by molar-refractivity contribution is 0.0939. The van der Waals surface area contributed by atoms with Crippen LogP contribution >= 0.6 is 11.5 Å². The molecular weight excluding hydrogens is 210 g/mol. The number of carbonyl (C=O) groups is 1. The van der Waals surface area contributed by atoms with Crippen LogP contribution in [0.1, 0.15) is 36.3 Å². The number of amides is 1. The van der Waals surface area contributed by atoms with Crippen molar-refractivity contribution < 1.29 is 4.79 Å². The first-order chi connectivity index (χ1) is 7.10. The largest absolute Gasteiger partial charge is 0.378 e. The second kappa shape index (κ2) is 5.11. The lowest BCUT2D eigenvalue weighted by Crippen LogP contribution is -2.32. The summed E-state index contributed by atoms with van der Waals surface area (Å²) in [5, 5.41) is 6.75. The second-order valence-electron chi connectivity index (χ2n) is 3.50. The zero-order valence-corrected chi connectivity index (χ0v) is 10.4. The first-order valence-corrected chi connectivity index (χ1v) is 5.82. The fourth-order valence-electron chi connectivity index (χ4n) is 1.21. The van der Waals surface area contributed by atoms with E-state index in [0.29, 0.717) is 5.56 Å². The molecule has 1 aromatic rings. The van der Waals surface area contributed by atoms with Crippen LogP contribution in [0.25, 0.3) is 0 Å².